The predicted molar refractivity (Wildman–Crippen MR) is 475 cm³/mol. The van der Waals surface area contributed by atoms with Crippen LogP contribution in [0.5, 0.6) is 0 Å². The second-order valence-corrected chi connectivity index (χ2v) is 40.6. The molecule has 0 unspecified atom stereocenters. The first-order valence-corrected chi connectivity index (χ1v) is 47.4. The van der Waals surface area contributed by atoms with Crippen LogP contribution in [0.2, 0.25) is 0 Å². The fraction of sp³-hybridized carbons (Fsp3) is 0.267. The number of benzene rings is 11. The fourth-order valence-electron chi connectivity index (χ4n) is 13.5. The van der Waals surface area contributed by atoms with Crippen LogP contribution < -0.4 is 95.7 Å². The van der Waals surface area contributed by atoms with Crippen LogP contribution in [0.15, 0.2) is 315 Å². The summed E-state index contributed by atoms with van der Waals surface area (Å²) in [4.78, 5) is 0. The maximum Gasteiger partial charge on any atom is 0.112 e. The minimum atomic E-state index is -1.75. The molecule has 11 aromatic carbocycles. The Hall–Kier alpha value is -2.45. The van der Waals surface area contributed by atoms with Gasteiger partial charge in [0, 0.05) is 17.9 Å². The van der Waals surface area contributed by atoms with Gasteiger partial charge in [-0.3, -0.25) is 0 Å². The first-order chi connectivity index (χ1) is 48.7. The van der Waals surface area contributed by atoms with Gasteiger partial charge in [-0.1, -0.05) is 348 Å². The molecule has 0 atom stereocenters. The minimum Gasteiger partial charge on any atom is -1.00 e. The second-order valence-electron chi connectivity index (χ2n) is 25.5. The molecular weight excluding hydrogens is 2000 g/mol. The van der Waals surface area contributed by atoms with Crippen molar-refractivity contribution in [1.29, 1.82) is 0 Å². The molecule has 0 radical (unpaired) electrons. The Balaban J connectivity index is 0.000000271. The highest BCUT2D eigenvalue weighted by molar-refractivity contribution is 14.1. The van der Waals surface area contributed by atoms with E-state index in [4.69, 9.17) is 0 Å². The van der Waals surface area contributed by atoms with Crippen molar-refractivity contribution >= 4 is 179 Å². The standard InChI is InChI=1S/C54H56Br2P2.C18H26Br2I2.C18H15P.2HI/c55-53-44-46(28-12-2-4-26-42-58(50-35-19-8-20-36-50,51-37-21-9-22-38-51)52-39-23-10-24-40-52)54(56)43-45(53)27-11-1-3-25-41-57(47-29-13-5-14-30-47,48-31-15-6-16-32-48)49-33-17-7-18-34-49;19-17-14-16(10-6-2-4-8-12-22)18(20)13-15(17)9-5-1-3-7-11-21;1-4-10-16(11-5-1)19(17-12-6-2-7-13-17)18-14-8-3-9-15-18;;/h5-10,13-24,29-40,43-44H,1-4,11-12,25-28,41-42H2;13-14H,1-12H2;1-15H;2*1H/q+2;;;;/p-2. The van der Waals surface area contributed by atoms with E-state index in [1.165, 1.54) is 225 Å². The van der Waals surface area contributed by atoms with E-state index in [2.05, 4.69) is 406 Å². The largest absolute Gasteiger partial charge is 1.00 e. The average molecular weight is 2100 g/mol. The van der Waals surface area contributed by atoms with Crippen LogP contribution >= 0.6 is 131 Å². The van der Waals surface area contributed by atoms with Gasteiger partial charge in [0.1, 0.15) is 46.4 Å². The molecule has 11 aromatic rings. The summed E-state index contributed by atoms with van der Waals surface area (Å²) in [6.45, 7) is 0. The summed E-state index contributed by atoms with van der Waals surface area (Å²) in [5.74, 6) is 0. The molecule has 0 aromatic heterocycles. The van der Waals surface area contributed by atoms with Gasteiger partial charge in [-0.05, 0) is 242 Å². The smallest absolute Gasteiger partial charge is 0.112 e. The molecule has 0 fully saturated rings. The zero-order chi connectivity index (χ0) is 69.0. The van der Waals surface area contributed by atoms with Gasteiger partial charge in [-0.2, -0.15) is 0 Å². The second kappa shape index (κ2) is 48.8. The van der Waals surface area contributed by atoms with Crippen LogP contribution in [-0.4, -0.2) is 21.2 Å². The van der Waals surface area contributed by atoms with Crippen molar-refractivity contribution in [3.8, 4) is 0 Å². The highest BCUT2D eigenvalue weighted by Crippen LogP contribution is 2.57. The van der Waals surface area contributed by atoms with Gasteiger partial charge in [0.05, 0.1) is 12.3 Å². The van der Waals surface area contributed by atoms with Gasteiger partial charge >= 0.3 is 0 Å². The van der Waals surface area contributed by atoms with E-state index in [1.54, 1.807) is 0 Å². The van der Waals surface area contributed by atoms with Crippen LogP contribution in [0, 0.1) is 0 Å². The molecule has 0 heterocycles. The van der Waals surface area contributed by atoms with E-state index in [-0.39, 0.29) is 48.0 Å². The number of hydrogen-bond donors (Lipinski definition) is 0. The third-order valence-electron chi connectivity index (χ3n) is 18.7. The molecule has 528 valence electrons. The van der Waals surface area contributed by atoms with E-state index in [0.717, 1.165) is 12.8 Å². The van der Waals surface area contributed by atoms with Gasteiger partial charge in [0.25, 0.3) is 0 Å². The quantitative estimate of drug-likeness (QED) is 0.0161. The minimum absolute atomic E-state index is 0. The Morgan fingerprint density at radius 3 is 0.604 bits per heavy atom. The number of hydrogen-bond acceptors (Lipinski definition) is 0. The molecular formula is C90H97Br4I4P3. The molecule has 0 saturated heterocycles. The first-order valence-electron chi connectivity index (χ1n) is 35.9. The van der Waals surface area contributed by atoms with E-state index in [0.29, 0.717) is 0 Å². The normalized spacial score (nSPS) is 11.2. The van der Waals surface area contributed by atoms with Gasteiger partial charge in [-0.25, -0.2) is 0 Å². The molecule has 0 amide bonds. The Morgan fingerprint density at radius 1 is 0.228 bits per heavy atom. The summed E-state index contributed by atoms with van der Waals surface area (Å²) in [6, 6.07) is 110. The summed E-state index contributed by atoms with van der Waals surface area (Å²) in [5, 5.41) is 13.1. The monoisotopic (exact) mass is 2090 g/mol. The lowest BCUT2D eigenvalue weighted by Crippen LogP contribution is -3.00. The molecule has 0 spiro atoms. The maximum absolute atomic E-state index is 3.98. The molecule has 0 bridgehead atoms. The third kappa shape index (κ3) is 26.4. The summed E-state index contributed by atoms with van der Waals surface area (Å²) in [7, 11) is -3.96. The molecule has 101 heavy (non-hydrogen) atoms. The van der Waals surface area contributed by atoms with Crippen molar-refractivity contribution < 1.29 is 48.0 Å². The zero-order valence-corrected chi connectivity index (χ0v) is 75.8. The van der Waals surface area contributed by atoms with Gasteiger partial charge in [0.2, 0.25) is 0 Å². The van der Waals surface area contributed by atoms with Crippen LogP contribution in [0.25, 0.3) is 0 Å². The molecule has 0 saturated carbocycles. The molecule has 0 aliphatic heterocycles. The van der Waals surface area contributed by atoms with Crippen LogP contribution in [0.3, 0.4) is 0 Å². The van der Waals surface area contributed by atoms with Crippen molar-refractivity contribution in [2.45, 2.75) is 128 Å². The van der Waals surface area contributed by atoms with Gasteiger partial charge in [0.15, 0.2) is 0 Å². The maximum atomic E-state index is 3.98. The van der Waals surface area contributed by atoms with Crippen molar-refractivity contribution in [3.05, 3.63) is 337 Å². The summed E-state index contributed by atoms with van der Waals surface area (Å²) in [6.07, 6.45) is 27.6. The fourth-order valence-corrected chi connectivity index (χ4v) is 28.1. The molecule has 0 N–H and O–H groups in total. The lowest BCUT2D eigenvalue weighted by atomic mass is 10.0. The van der Waals surface area contributed by atoms with Crippen molar-refractivity contribution in [3.63, 3.8) is 0 Å². The Morgan fingerprint density at radius 2 is 0.406 bits per heavy atom. The SMILES string of the molecule is Brc1cc(CCCCCCI)c(Br)cc1CCCCCCI.Brc1cc(CCCCCC[P+](c2ccccc2)(c2ccccc2)c2ccccc2)c(Br)cc1CCCCCC[P+](c1ccccc1)(c1ccccc1)c1ccccc1.[I-].[I-].c1ccc(P(c2ccccc2)c2ccccc2)cc1. The number of alkyl halides is 2. The number of rotatable bonds is 35. The molecule has 11 rings (SSSR count). The Labute approximate surface area is 705 Å². The Kier molecular flexibility index (Phi) is 41.4. The van der Waals surface area contributed by atoms with E-state index in [9.17, 15) is 0 Å². The summed E-state index contributed by atoms with van der Waals surface area (Å²) < 4.78 is 7.70. The average Bonchev–Trinajstić information content (AvgIpc) is 0.764. The predicted octanol–water partition coefficient (Wildman–Crippen LogP) is 19.1. The summed E-state index contributed by atoms with van der Waals surface area (Å²) in [5.41, 5.74) is 5.74. The van der Waals surface area contributed by atoms with Gasteiger partial charge in [-0.15, -0.1) is 0 Å². The number of unbranched alkanes of at least 4 members (excludes halogenated alkanes) is 12. The van der Waals surface area contributed by atoms with Crippen molar-refractivity contribution in [2.24, 2.45) is 0 Å². The van der Waals surface area contributed by atoms with Crippen LogP contribution in [-0.2, 0) is 25.7 Å². The van der Waals surface area contributed by atoms with E-state index >= 15 is 0 Å². The van der Waals surface area contributed by atoms with Crippen molar-refractivity contribution in [1.82, 2.24) is 0 Å². The zero-order valence-electron chi connectivity index (χ0n) is 58.1. The summed E-state index contributed by atoms with van der Waals surface area (Å²) >= 11 is 20.4. The molecule has 11 heteroatoms. The molecule has 0 aliphatic carbocycles. The third-order valence-corrected chi connectivity index (χ3v) is 34.7. The lowest BCUT2D eigenvalue weighted by molar-refractivity contribution is -0.001000. The Bertz CT molecular complexity index is 3510. The van der Waals surface area contributed by atoms with Gasteiger partial charge < -0.3 is 48.0 Å². The van der Waals surface area contributed by atoms with Crippen LogP contribution in [0.4, 0.5) is 0 Å². The van der Waals surface area contributed by atoms with E-state index < -0.39 is 22.4 Å². The topological polar surface area (TPSA) is 0 Å². The lowest BCUT2D eigenvalue weighted by Gasteiger charge is -2.27. The number of halogens is 8. The molecule has 0 aliphatic rings. The van der Waals surface area contributed by atoms with E-state index in [1.807, 2.05) is 0 Å². The highest BCUT2D eigenvalue weighted by Gasteiger charge is 2.46. The first kappa shape index (κ1) is 85.8. The molecule has 0 nitrogen and oxygen atoms in total. The highest BCUT2D eigenvalue weighted by atomic mass is 127. The number of aryl methyl sites for hydroxylation is 4. The van der Waals surface area contributed by atoms with Crippen molar-refractivity contribution in [2.75, 3.05) is 21.2 Å². The van der Waals surface area contributed by atoms with Crippen LogP contribution in [0.1, 0.15) is 125 Å².